The highest BCUT2D eigenvalue weighted by molar-refractivity contribution is 6.42. The summed E-state index contributed by atoms with van der Waals surface area (Å²) in [7, 11) is 0. The van der Waals surface area contributed by atoms with Crippen LogP contribution in [0.3, 0.4) is 0 Å². The van der Waals surface area contributed by atoms with Crippen molar-refractivity contribution in [2.24, 2.45) is 0 Å². The minimum Gasteiger partial charge on any atom is -0.549 e. The molecule has 3 nitrogen and oxygen atoms in total. The van der Waals surface area contributed by atoms with Crippen molar-refractivity contribution in [2.75, 3.05) is 0 Å². The van der Waals surface area contributed by atoms with Gasteiger partial charge in [0.1, 0.15) is 0 Å². The summed E-state index contributed by atoms with van der Waals surface area (Å²) >= 11 is 11.7. The van der Waals surface area contributed by atoms with Crippen LogP contribution in [0.25, 0.3) is 0 Å². The third-order valence-electron chi connectivity index (χ3n) is 3.40. The van der Waals surface area contributed by atoms with Gasteiger partial charge in [0.15, 0.2) is 5.78 Å². The third-order valence-corrected chi connectivity index (χ3v) is 4.13. The van der Waals surface area contributed by atoms with Crippen molar-refractivity contribution < 1.29 is 14.7 Å². The molecule has 0 aromatic heterocycles. The van der Waals surface area contributed by atoms with Gasteiger partial charge in [-0.3, -0.25) is 4.79 Å². The first-order valence-corrected chi connectivity index (χ1v) is 7.39. The summed E-state index contributed by atoms with van der Waals surface area (Å²) in [6, 6.07) is 11.5. The zero-order valence-electron chi connectivity index (χ0n) is 11.8. The van der Waals surface area contributed by atoms with Crippen molar-refractivity contribution in [3.05, 3.63) is 69.2 Å². The van der Waals surface area contributed by atoms with E-state index in [0.29, 0.717) is 16.1 Å². The molecule has 0 saturated carbocycles. The molecule has 0 spiro atoms. The molecule has 0 aliphatic heterocycles. The molecule has 0 aliphatic rings. The highest BCUT2D eigenvalue weighted by Crippen LogP contribution is 2.26. The van der Waals surface area contributed by atoms with E-state index in [0.717, 1.165) is 5.56 Å². The number of hydrogen-bond donors (Lipinski definition) is 0. The second kappa shape index (κ2) is 6.95. The fourth-order valence-corrected chi connectivity index (χ4v) is 2.41. The third kappa shape index (κ3) is 3.87. The molecule has 0 bridgehead atoms. The van der Waals surface area contributed by atoms with Crippen molar-refractivity contribution in [3.8, 4) is 0 Å². The normalized spacial score (nSPS) is 12.0. The molecule has 114 valence electrons. The zero-order chi connectivity index (χ0) is 16.3. The SMILES string of the molecule is Cc1ccc([C@H](CC(=O)c2ccc(Cl)c(Cl)c2)C(=O)[O-])cc1. The quantitative estimate of drug-likeness (QED) is 0.786. The van der Waals surface area contributed by atoms with Gasteiger partial charge in [0.25, 0.3) is 0 Å². The maximum atomic E-state index is 12.3. The first kappa shape index (κ1) is 16.5. The van der Waals surface area contributed by atoms with Crippen molar-refractivity contribution in [2.45, 2.75) is 19.3 Å². The Hall–Kier alpha value is -1.84. The Morgan fingerprint density at radius 3 is 2.23 bits per heavy atom. The number of rotatable bonds is 5. The number of carboxylic acids is 1. The molecule has 0 amide bonds. The largest absolute Gasteiger partial charge is 0.549 e. The maximum absolute atomic E-state index is 12.3. The number of halogens is 2. The lowest BCUT2D eigenvalue weighted by atomic mass is 9.91. The van der Waals surface area contributed by atoms with Crippen LogP contribution >= 0.6 is 23.2 Å². The summed E-state index contributed by atoms with van der Waals surface area (Å²) in [4.78, 5) is 23.6. The molecule has 0 radical (unpaired) electrons. The van der Waals surface area contributed by atoms with Crippen molar-refractivity contribution in [3.63, 3.8) is 0 Å². The van der Waals surface area contributed by atoms with Gasteiger partial charge in [-0.2, -0.15) is 0 Å². The van der Waals surface area contributed by atoms with Crippen LogP contribution in [-0.4, -0.2) is 11.8 Å². The van der Waals surface area contributed by atoms with Crippen molar-refractivity contribution >= 4 is 35.0 Å². The van der Waals surface area contributed by atoms with Crippen molar-refractivity contribution in [1.29, 1.82) is 0 Å². The van der Waals surface area contributed by atoms with Gasteiger partial charge in [-0.15, -0.1) is 0 Å². The zero-order valence-corrected chi connectivity index (χ0v) is 13.3. The van der Waals surface area contributed by atoms with E-state index in [1.165, 1.54) is 18.2 Å². The molecule has 1 atom stereocenters. The number of carboxylic acid groups (broad SMARTS) is 1. The highest BCUT2D eigenvalue weighted by Gasteiger charge is 2.19. The molecule has 0 heterocycles. The number of aryl methyl sites for hydroxylation is 1. The first-order chi connectivity index (χ1) is 10.4. The lowest BCUT2D eigenvalue weighted by Crippen LogP contribution is -2.31. The summed E-state index contributed by atoms with van der Waals surface area (Å²) < 4.78 is 0. The predicted octanol–water partition coefficient (Wildman–Crippen LogP) is 3.41. The lowest BCUT2D eigenvalue weighted by molar-refractivity contribution is -0.307. The summed E-state index contributed by atoms with van der Waals surface area (Å²) in [6.45, 7) is 1.90. The summed E-state index contributed by atoms with van der Waals surface area (Å²) in [5.41, 5.74) is 1.88. The van der Waals surface area contributed by atoms with Gasteiger partial charge in [-0.1, -0.05) is 53.0 Å². The second-order valence-electron chi connectivity index (χ2n) is 5.04. The van der Waals surface area contributed by atoms with E-state index in [1.54, 1.807) is 24.3 Å². The summed E-state index contributed by atoms with van der Waals surface area (Å²) in [5, 5.41) is 12.0. The standard InChI is InChI=1S/C17H14Cl2O3/c1-10-2-4-11(5-3-10)13(17(21)22)9-16(20)12-6-7-14(18)15(19)8-12/h2-8,13H,9H2,1H3,(H,21,22)/p-1/t13-/m0/s1. The number of Topliss-reactive ketones (excluding diaryl/α,β-unsaturated/α-hetero) is 1. The highest BCUT2D eigenvalue weighted by atomic mass is 35.5. The van der Waals surface area contributed by atoms with Crippen LogP contribution < -0.4 is 5.11 Å². The maximum Gasteiger partial charge on any atom is 0.163 e. The number of ketones is 1. The number of benzene rings is 2. The van der Waals surface area contributed by atoms with E-state index in [9.17, 15) is 14.7 Å². The Morgan fingerprint density at radius 2 is 1.68 bits per heavy atom. The molecule has 0 unspecified atom stereocenters. The van der Waals surface area contributed by atoms with Crippen LogP contribution in [0, 0.1) is 6.92 Å². The molecule has 2 aromatic carbocycles. The molecular weight excluding hydrogens is 323 g/mol. The van der Waals surface area contributed by atoms with Gasteiger partial charge < -0.3 is 9.90 Å². The van der Waals surface area contributed by atoms with Gasteiger partial charge in [-0.05, 0) is 30.7 Å². The molecule has 0 N–H and O–H groups in total. The van der Waals surface area contributed by atoms with E-state index in [1.807, 2.05) is 6.92 Å². The fourth-order valence-electron chi connectivity index (χ4n) is 2.11. The smallest absolute Gasteiger partial charge is 0.163 e. The van der Waals surface area contributed by atoms with Gasteiger partial charge in [0, 0.05) is 23.9 Å². The second-order valence-corrected chi connectivity index (χ2v) is 5.85. The Kier molecular flexibility index (Phi) is 5.22. The van der Waals surface area contributed by atoms with Crippen LogP contribution in [0.2, 0.25) is 10.0 Å². The van der Waals surface area contributed by atoms with Gasteiger partial charge >= 0.3 is 0 Å². The molecule has 0 aliphatic carbocycles. The molecule has 5 heteroatoms. The van der Waals surface area contributed by atoms with E-state index in [-0.39, 0.29) is 17.2 Å². The molecule has 2 rings (SSSR count). The van der Waals surface area contributed by atoms with Crippen LogP contribution in [0.4, 0.5) is 0 Å². The van der Waals surface area contributed by atoms with E-state index in [2.05, 4.69) is 0 Å². The number of carbonyl (C=O) groups excluding carboxylic acids is 2. The topological polar surface area (TPSA) is 57.2 Å². The average Bonchev–Trinajstić information content (AvgIpc) is 2.48. The molecule has 0 fully saturated rings. The van der Waals surface area contributed by atoms with Crippen LogP contribution in [0.15, 0.2) is 42.5 Å². The predicted molar refractivity (Wildman–Crippen MR) is 84.3 cm³/mol. The Morgan fingerprint density at radius 1 is 1.05 bits per heavy atom. The average molecular weight is 336 g/mol. The molecule has 0 saturated heterocycles. The van der Waals surface area contributed by atoms with E-state index in [4.69, 9.17) is 23.2 Å². The van der Waals surface area contributed by atoms with E-state index >= 15 is 0 Å². The monoisotopic (exact) mass is 335 g/mol. The van der Waals surface area contributed by atoms with Gasteiger partial charge in [0.2, 0.25) is 0 Å². The molecular formula is C17H13Cl2O3-. The minimum atomic E-state index is -1.28. The Bertz CT molecular complexity index is 708. The lowest BCUT2D eigenvalue weighted by Gasteiger charge is -2.18. The van der Waals surface area contributed by atoms with Gasteiger partial charge in [0.05, 0.1) is 10.0 Å². The summed E-state index contributed by atoms with van der Waals surface area (Å²) in [6.07, 6.45) is -0.191. The number of carbonyl (C=O) groups is 2. The Balaban J connectivity index is 2.24. The van der Waals surface area contributed by atoms with E-state index < -0.39 is 11.9 Å². The fraction of sp³-hybridized carbons (Fsp3) is 0.176. The first-order valence-electron chi connectivity index (χ1n) is 6.64. The Labute approximate surface area is 138 Å². The van der Waals surface area contributed by atoms with Crippen LogP contribution in [0.1, 0.15) is 33.8 Å². The molecule has 22 heavy (non-hydrogen) atoms. The van der Waals surface area contributed by atoms with Crippen LogP contribution in [0.5, 0.6) is 0 Å². The number of aliphatic carboxylic acids is 1. The minimum absolute atomic E-state index is 0.191. The van der Waals surface area contributed by atoms with Gasteiger partial charge in [-0.25, -0.2) is 0 Å². The van der Waals surface area contributed by atoms with Crippen LogP contribution in [-0.2, 0) is 4.79 Å². The molecule has 2 aromatic rings. The number of hydrogen-bond acceptors (Lipinski definition) is 3. The van der Waals surface area contributed by atoms with Crippen molar-refractivity contribution in [1.82, 2.24) is 0 Å². The summed E-state index contributed by atoms with van der Waals surface area (Å²) in [5.74, 6) is -2.60.